The van der Waals surface area contributed by atoms with E-state index in [2.05, 4.69) is 16.4 Å². The number of aromatic nitrogens is 1. The average Bonchev–Trinajstić information content (AvgIpc) is 3.02. The SMILES string of the molecule is O=C(NC1CC12CCOCC2)C1(c2cccnc2)CCCC1. The summed E-state index contributed by atoms with van der Waals surface area (Å²) in [6.45, 7) is 1.69. The molecule has 1 spiro atoms. The molecule has 4 nitrogen and oxygen atoms in total. The van der Waals surface area contributed by atoms with Crippen LogP contribution in [0.15, 0.2) is 24.5 Å². The van der Waals surface area contributed by atoms with Crippen LogP contribution in [0.3, 0.4) is 0 Å². The third kappa shape index (κ3) is 2.24. The molecule has 1 aliphatic heterocycles. The normalized spacial score (nSPS) is 28.5. The van der Waals surface area contributed by atoms with Gasteiger partial charge in [0.25, 0.3) is 0 Å². The van der Waals surface area contributed by atoms with Gasteiger partial charge in [-0.3, -0.25) is 9.78 Å². The second kappa shape index (κ2) is 5.34. The van der Waals surface area contributed by atoms with E-state index in [0.717, 1.165) is 63.7 Å². The highest BCUT2D eigenvalue weighted by Gasteiger charge is 2.56. The summed E-state index contributed by atoms with van der Waals surface area (Å²) in [5.41, 5.74) is 1.08. The summed E-state index contributed by atoms with van der Waals surface area (Å²) in [4.78, 5) is 17.3. The van der Waals surface area contributed by atoms with E-state index < -0.39 is 0 Å². The first-order valence-corrected chi connectivity index (χ1v) is 8.55. The number of ether oxygens (including phenoxy) is 1. The summed E-state index contributed by atoms with van der Waals surface area (Å²) in [5, 5.41) is 3.37. The molecule has 0 radical (unpaired) electrons. The van der Waals surface area contributed by atoms with Crippen LogP contribution in [0.2, 0.25) is 0 Å². The monoisotopic (exact) mass is 300 g/mol. The molecule has 1 N–H and O–H groups in total. The van der Waals surface area contributed by atoms with E-state index in [4.69, 9.17) is 4.74 Å². The first-order chi connectivity index (χ1) is 10.8. The van der Waals surface area contributed by atoms with Gasteiger partial charge in [-0.15, -0.1) is 0 Å². The zero-order valence-electron chi connectivity index (χ0n) is 13.0. The Bertz CT molecular complexity index is 545. The number of hydrogen-bond acceptors (Lipinski definition) is 3. The fourth-order valence-electron chi connectivity index (χ4n) is 4.45. The molecule has 1 amide bonds. The third-order valence-electron chi connectivity index (χ3n) is 6.09. The smallest absolute Gasteiger partial charge is 0.230 e. The number of carbonyl (C=O) groups is 1. The summed E-state index contributed by atoms with van der Waals surface area (Å²) < 4.78 is 5.47. The Kier molecular flexibility index (Phi) is 3.44. The van der Waals surface area contributed by atoms with Crippen LogP contribution in [0, 0.1) is 5.41 Å². The molecule has 0 aromatic carbocycles. The van der Waals surface area contributed by atoms with Crippen molar-refractivity contribution in [3.8, 4) is 0 Å². The maximum absolute atomic E-state index is 13.1. The number of carbonyl (C=O) groups excluding carboxylic acids is 1. The lowest BCUT2D eigenvalue weighted by molar-refractivity contribution is -0.127. The highest BCUT2D eigenvalue weighted by atomic mass is 16.5. The van der Waals surface area contributed by atoms with Crippen LogP contribution in [-0.2, 0) is 14.9 Å². The van der Waals surface area contributed by atoms with Crippen LogP contribution < -0.4 is 5.32 Å². The molecule has 2 aliphatic carbocycles. The van der Waals surface area contributed by atoms with Gasteiger partial charge in [0.2, 0.25) is 5.91 Å². The first-order valence-electron chi connectivity index (χ1n) is 8.55. The minimum Gasteiger partial charge on any atom is -0.381 e. The highest BCUT2D eigenvalue weighted by molar-refractivity contribution is 5.89. The fraction of sp³-hybridized carbons (Fsp3) is 0.667. The second-order valence-electron chi connectivity index (χ2n) is 7.24. The summed E-state index contributed by atoms with van der Waals surface area (Å²) in [5.74, 6) is 0.228. The van der Waals surface area contributed by atoms with Crippen molar-refractivity contribution in [3.05, 3.63) is 30.1 Å². The van der Waals surface area contributed by atoms with Gasteiger partial charge in [-0.05, 0) is 49.1 Å². The van der Waals surface area contributed by atoms with Crippen molar-refractivity contribution in [2.24, 2.45) is 5.41 Å². The predicted octanol–water partition coefficient (Wildman–Crippen LogP) is 2.58. The van der Waals surface area contributed by atoms with E-state index in [1.54, 1.807) is 6.20 Å². The van der Waals surface area contributed by atoms with E-state index in [1.165, 1.54) is 0 Å². The molecule has 4 rings (SSSR count). The maximum atomic E-state index is 13.1. The summed E-state index contributed by atoms with van der Waals surface area (Å²) in [6.07, 6.45) is 11.1. The number of nitrogens with one attached hydrogen (secondary N) is 1. The quantitative estimate of drug-likeness (QED) is 0.933. The molecule has 3 fully saturated rings. The minimum absolute atomic E-state index is 0.228. The number of hydrogen-bond donors (Lipinski definition) is 1. The average molecular weight is 300 g/mol. The Balaban J connectivity index is 1.51. The third-order valence-corrected chi connectivity index (χ3v) is 6.09. The maximum Gasteiger partial charge on any atom is 0.230 e. The molecule has 1 aromatic rings. The van der Waals surface area contributed by atoms with Crippen LogP contribution in [-0.4, -0.2) is 30.1 Å². The number of nitrogens with zero attached hydrogens (tertiary/aromatic N) is 1. The molecule has 1 saturated heterocycles. The van der Waals surface area contributed by atoms with Gasteiger partial charge in [0, 0.05) is 31.6 Å². The lowest BCUT2D eigenvalue weighted by Crippen LogP contribution is -2.45. The molecule has 4 heteroatoms. The number of rotatable bonds is 3. The van der Waals surface area contributed by atoms with Crippen molar-refractivity contribution in [2.75, 3.05) is 13.2 Å². The van der Waals surface area contributed by atoms with Crippen LogP contribution in [0.5, 0.6) is 0 Å². The molecular weight excluding hydrogens is 276 g/mol. The lowest BCUT2D eigenvalue weighted by atomic mass is 9.78. The lowest BCUT2D eigenvalue weighted by Gasteiger charge is -2.29. The van der Waals surface area contributed by atoms with Gasteiger partial charge in [-0.1, -0.05) is 18.9 Å². The molecule has 0 bridgehead atoms. The summed E-state index contributed by atoms with van der Waals surface area (Å²) in [6, 6.07) is 4.37. The standard InChI is InChI=1S/C18H24N2O2/c21-16(20-15-12-17(15)7-10-22-11-8-17)18(5-1-2-6-18)14-4-3-9-19-13-14/h3-4,9,13,15H,1-2,5-8,10-12H2,(H,20,21). The van der Waals surface area contributed by atoms with Gasteiger partial charge in [-0.25, -0.2) is 0 Å². The van der Waals surface area contributed by atoms with Gasteiger partial charge in [0.1, 0.15) is 0 Å². The van der Waals surface area contributed by atoms with E-state index in [-0.39, 0.29) is 11.3 Å². The first kappa shape index (κ1) is 14.2. The second-order valence-corrected chi connectivity index (χ2v) is 7.24. The molecule has 1 atom stereocenters. The number of amides is 1. The molecule has 22 heavy (non-hydrogen) atoms. The van der Waals surface area contributed by atoms with Gasteiger partial charge >= 0.3 is 0 Å². The van der Waals surface area contributed by atoms with Crippen molar-refractivity contribution < 1.29 is 9.53 Å². The molecule has 2 heterocycles. The Hall–Kier alpha value is -1.42. The Morgan fingerprint density at radius 3 is 2.68 bits per heavy atom. The fourth-order valence-corrected chi connectivity index (χ4v) is 4.45. The Morgan fingerprint density at radius 1 is 1.23 bits per heavy atom. The van der Waals surface area contributed by atoms with E-state index >= 15 is 0 Å². The number of pyridine rings is 1. The van der Waals surface area contributed by atoms with Crippen molar-refractivity contribution in [3.63, 3.8) is 0 Å². The van der Waals surface area contributed by atoms with Crippen molar-refractivity contribution in [2.45, 2.75) is 56.4 Å². The summed E-state index contributed by atoms with van der Waals surface area (Å²) in [7, 11) is 0. The van der Waals surface area contributed by atoms with Crippen molar-refractivity contribution in [1.29, 1.82) is 0 Å². The van der Waals surface area contributed by atoms with Crippen LogP contribution in [0.1, 0.15) is 50.5 Å². The molecule has 3 aliphatic rings. The molecule has 118 valence electrons. The van der Waals surface area contributed by atoms with Gasteiger partial charge < -0.3 is 10.1 Å². The van der Waals surface area contributed by atoms with Crippen LogP contribution in [0.25, 0.3) is 0 Å². The van der Waals surface area contributed by atoms with E-state index in [1.807, 2.05) is 12.3 Å². The largest absolute Gasteiger partial charge is 0.381 e. The minimum atomic E-state index is -0.344. The molecular formula is C18H24N2O2. The van der Waals surface area contributed by atoms with Gasteiger partial charge in [0.05, 0.1) is 5.41 Å². The Morgan fingerprint density at radius 2 is 2.00 bits per heavy atom. The van der Waals surface area contributed by atoms with E-state index in [0.29, 0.717) is 11.5 Å². The highest BCUT2D eigenvalue weighted by Crippen LogP contribution is 2.54. The van der Waals surface area contributed by atoms with Crippen LogP contribution in [0.4, 0.5) is 0 Å². The molecule has 2 saturated carbocycles. The molecule has 1 aromatic heterocycles. The van der Waals surface area contributed by atoms with Crippen molar-refractivity contribution in [1.82, 2.24) is 10.3 Å². The molecule has 1 unspecified atom stereocenters. The zero-order chi connectivity index (χ0) is 15.0. The van der Waals surface area contributed by atoms with E-state index in [9.17, 15) is 4.79 Å². The topological polar surface area (TPSA) is 51.2 Å². The van der Waals surface area contributed by atoms with Crippen LogP contribution >= 0.6 is 0 Å². The van der Waals surface area contributed by atoms with Gasteiger partial charge in [-0.2, -0.15) is 0 Å². The predicted molar refractivity (Wildman–Crippen MR) is 83.4 cm³/mol. The Labute approximate surface area is 131 Å². The van der Waals surface area contributed by atoms with Gasteiger partial charge in [0.15, 0.2) is 0 Å². The van der Waals surface area contributed by atoms with Crippen molar-refractivity contribution >= 4 is 5.91 Å². The zero-order valence-corrected chi connectivity index (χ0v) is 13.0. The summed E-state index contributed by atoms with van der Waals surface area (Å²) >= 11 is 0.